The molecule has 0 radical (unpaired) electrons. The topological polar surface area (TPSA) is 42.2 Å². The van der Waals surface area contributed by atoms with Crippen LogP contribution >= 0.6 is 15.9 Å². The summed E-state index contributed by atoms with van der Waals surface area (Å²) < 4.78 is 5.35. The molecule has 1 amide bonds. The van der Waals surface area contributed by atoms with Crippen LogP contribution in [-0.2, 0) is 0 Å². The third-order valence-electron chi connectivity index (χ3n) is 2.78. The molecule has 1 aromatic heterocycles. The van der Waals surface area contributed by atoms with Crippen molar-refractivity contribution in [1.29, 1.82) is 0 Å². The number of carbonyl (C=O) groups excluding carboxylic acids is 1. The molecule has 0 aliphatic rings. The van der Waals surface area contributed by atoms with Gasteiger partial charge in [-0.25, -0.2) is 0 Å². The zero-order chi connectivity index (χ0) is 13.1. The Morgan fingerprint density at radius 1 is 1.47 bits per heavy atom. The molecule has 1 rings (SSSR count). The van der Waals surface area contributed by atoms with Crippen LogP contribution in [0.3, 0.4) is 0 Å². The highest BCUT2D eigenvalue weighted by Crippen LogP contribution is 2.20. The van der Waals surface area contributed by atoms with E-state index in [0.29, 0.717) is 17.9 Å². The second kappa shape index (κ2) is 5.71. The van der Waals surface area contributed by atoms with Crippen molar-refractivity contribution in [2.45, 2.75) is 34.1 Å². The summed E-state index contributed by atoms with van der Waals surface area (Å²) >= 11 is 3.42. The average Bonchev–Trinajstić information content (AvgIpc) is 2.54. The van der Waals surface area contributed by atoms with E-state index in [4.69, 9.17) is 4.42 Å². The average molecular weight is 302 g/mol. The third kappa shape index (κ3) is 4.19. The van der Waals surface area contributed by atoms with Gasteiger partial charge in [0.1, 0.15) is 11.5 Å². The summed E-state index contributed by atoms with van der Waals surface area (Å²) in [5, 5.41) is 3.90. The Bertz CT molecular complexity index is 396. The molecule has 0 aromatic carbocycles. The van der Waals surface area contributed by atoms with Crippen molar-refractivity contribution < 1.29 is 9.21 Å². The molecular weight excluding hydrogens is 282 g/mol. The smallest absolute Gasteiger partial charge is 0.254 e. The Kier molecular flexibility index (Phi) is 4.80. The van der Waals surface area contributed by atoms with Crippen molar-refractivity contribution in [3.8, 4) is 0 Å². The van der Waals surface area contributed by atoms with E-state index >= 15 is 0 Å². The molecule has 0 spiro atoms. The number of nitrogens with one attached hydrogen (secondary N) is 1. The summed E-state index contributed by atoms with van der Waals surface area (Å²) in [6, 6.07) is 1.78. The minimum Gasteiger partial charge on any atom is -0.466 e. The first-order valence-electron chi connectivity index (χ1n) is 5.77. The number of furan rings is 1. The molecule has 4 heteroatoms. The van der Waals surface area contributed by atoms with Crippen LogP contribution in [0.5, 0.6) is 0 Å². The fourth-order valence-corrected chi connectivity index (χ4v) is 2.69. The molecule has 0 aliphatic carbocycles. The number of hydrogen-bond donors (Lipinski definition) is 1. The normalized spacial score (nSPS) is 11.6. The maximum atomic E-state index is 11.9. The lowest BCUT2D eigenvalue weighted by Crippen LogP contribution is -2.34. The molecule has 0 unspecified atom stereocenters. The standard InChI is InChI=1S/C13H20BrNO2/c1-9-7-11(10(2)17-9)12(16)15-8-13(3,4)5-6-14/h7H,5-6,8H2,1-4H3,(H,15,16). The van der Waals surface area contributed by atoms with Gasteiger partial charge in [0.25, 0.3) is 5.91 Å². The van der Waals surface area contributed by atoms with E-state index < -0.39 is 0 Å². The van der Waals surface area contributed by atoms with Crippen molar-refractivity contribution in [1.82, 2.24) is 5.32 Å². The van der Waals surface area contributed by atoms with Crippen LogP contribution < -0.4 is 5.32 Å². The maximum absolute atomic E-state index is 11.9. The first-order chi connectivity index (χ1) is 7.85. The number of carbonyl (C=O) groups is 1. The lowest BCUT2D eigenvalue weighted by atomic mass is 9.90. The van der Waals surface area contributed by atoms with E-state index in [1.54, 1.807) is 6.07 Å². The molecule has 1 N–H and O–H groups in total. The van der Waals surface area contributed by atoms with Crippen LogP contribution in [0.2, 0.25) is 0 Å². The van der Waals surface area contributed by atoms with Gasteiger partial charge in [0.05, 0.1) is 5.56 Å². The maximum Gasteiger partial charge on any atom is 0.254 e. The summed E-state index contributed by atoms with van der Waals surface area (Å²) in [7, 11) is 0. The molecule has 0 bridgehead atoms. The Morgan fingerprint density at radius 2 is 2.12 bits per heavy atom. The van der Waals surface area contributed by atoms with E-state index in [-0.39, 0.29) is 11.3 Å². The van der Waals surface area contributed by atoms with Gasteiger partial charge >= 0.3 is 0 Å². The fraction of sp³-hybridized carbons (Fsp3) is 0.615. The van der Waals surface area contributed by atoms with Gasteiger partial charge in [-0.3, -0.25) is 4.79 Å². The fourth-order valence-electron chi connectivity index (χ4n) is 1.62. The Balaban J connectivity index is 2.59. The number of rotatable bonds is 5. The predicted octanol–water partition coefficient (Wildman–Crippen LogP) is 3.44. The lowest BCUT2D eigenvalue weighted by molar-refractivity contribution is 0.0934. The Hall–Kier alpha value is -0.770. The first kappa shape index (κ1) is 14.3. The minimum atomic E-state index is -0.0537. The number of halogens is 1. The number of aryl methyl sites for hydroxylation is 2. The molecular formula is C13H20BrNO2. The van der Waals surface area contributed by atoms with Gasteiger partial charge < -0.3 is 9.73 Å². The second-order valence-electron chi connectivity index (χ2n) is 5.11. The van der Waals surface area contributed by atoms with Crippen molar-refractivity contribution >= 4 is 21.8 Å². The zero-order valence-electron chi connectivity index (χ0n) is 10.9. The first-order valence-corrected chi connectivity index (χ1v) is 6.89. The van der Waals surface area contributed by atoms with Gasteiger partial charge in [-0.05, 0) is 31.7 Å². The van der Waals surface area contributed by atoms with Gasteiger partial charge in [-0.2, -0.15) is 0 Å². The summed E-state index contributed by atoms with van der Waals surface area (Å²) in [4.78, 5) is 11.9. The Morgan fingerprint density at radius 3 is 2.59 bits per heavy atom. The summed E-state index contributed by atoms with van der Waals surface area (Å²) in [6.07, 6.45) is 1.02. The molecule has 0 saturated heterocycles. The van der Waals surface area contributed by atoms with E-state index in [9.17, 15) is 4.79 Å². The molecule has 0 aliphatic heterocycles. The van der Waals surface area contributed by atoms with Gasteiger partial charge in [0, 0.05) is 11.9 Å². The highest BCUT2D eigenvalue weighted by Gasteiger charge is 2.20. The number of hydrogen-bond acceptors (Lipinski definition) is 2. The van der Waals surface area contributed by atoms with Crippen LogP contribution in [0.25, 0.3) is 0 Å². The van der Waals surface area contributed by atoms with Crippen molar-refractivity contribution in [3.05, 3.63) is 23.2 Å². The number of alkyl halides is 1. The second-order valence-corrected chi connectivity index (χ2v) is 5.91. The highest BCUT2D eigenvalue weighted by molar-refractivity contribution is 9.09. The zero-order valence-corrected chi connectivity index (χ0v) is 12.5. The summed E-state index contributed by atoms with van der Waals surface area (Å²) in [5.41, 5.74) is 0.739. The predicted molar refractivity (Wildman–Crippen MR) is 72.7 cm³/mol. The SMILES string of the molecule is Cc1cc(C(=O)NCC(C)(C)CCBr)c(C)o1. The van der Waals surface area contributed by atoms with Gasteiger partial charge in [-0.1, -0.05) is 29.8 Å². The molecule has 3 nitrogen and oxygen atoms in total. The largest absolute Gasteiger partial charge is 0.466 e. The Labute approximate surface area is 111 Å². The number of amides is 1. The van der Waals surface area contributed by atoms with Crippen LogP contribution in [0, 0.1) is 19.3 Å². The van der Waals surface area contributed by atoms with Crippen LogP contribution in [0.1, 0.15) is 42.1 Å². The van der Waals surface area contributed by atoms with E-state index in [0.717, 1.165) is 17.5 Å². The van der Waals surface area contributed by atoms with Crippen molar-refractivity contribution in [2.75, 3.05) is 11.9 Å². The van der Waals surface area contributed by atoms with E-state index in [1.165, 1.54) is 0 Å². The van der Waals surface area contributed by atoms with Crippen LogP contribution in [0.4, 0.5) is 0 Å². The van der Waals surface area contributed by atoms with Crippen LogP contribution in [-0.4, -0.2) is 17.8 Å². The molecule has 17 heavy (non-hydrogen) atoms. The van der Waals surface area contributed by atoms with Crippen molar-refractivity contribution in [3.63, 3.8) is 0 Å². The van der Waals surface area contributed by atoms with E-state index in [2.05, 4.69) is 35.1 Å². The molecule has 0 saturated carbocycles. The minimum absolute atomic E-state index is 0.0537. The quantitative estimate of drug-likeness (QED) is 0.847. The van der Waals surface area contributed by atoms with Crippen LogP contribution in [0.15, 0.2) is 10.5 Å². The van der Waals surface area contributed by atoms with Gasteiger partial charge in [0.15, 0.2) is 0 Å². The lowest BCUT2D eigenvalue weighted by Gasteiger charge is -2.23. The molecule has 1 heterocycles. The van der Waals surface area contributed by atoms with E-state index in [1.807, 2.05) is 13.8 Å². The summed E-state index contributed by atoms with van der Waals surface area (Å²) in [5.74, 6) is 1.40. The molecule has 1 aromatic rings. The monoisotopic (exact) mass is 301 g/mol. The third-order valence-corrected chi connectivity index (χ3v) is 3.18. The van der Waals surface area contributed by atoms with Crippen molar-refractivity contribution in [2.24, 2.45) is 5.41 Å². The molecule has 0 fully saturated rings. The van der Waals surface area contributed by atoms with Gasteiger partial charge in [0.2, 0.25) is 0 Å². The molecule has 0 atom stereocenters. The molecule has 96 valence electrons. The summed E-state index contributed by atoms with van der Waals surface area (Å²) in [6.45, 7) is 8.61. The highest BCUT2D eigenvalue weighted by atomic mass is 79.9. The van der Waals surface area contributed by atoms with Gasteiger partial charge in [-0.15, -0.1) is 0 Å².